The highest BCUT2D eigenvalue weighted by atomic mass is 35.5. The third kappa shape index (κ3) is 2.50. The molecule has 2 rings (SSSR count). The van der Waals surface area contributed by atoms with Gasteiger partial charge in [0.15, 0.2) is 0 Å². The zero-order chi connectivity index (χ0) is 12.6. The Bertz CT molecular complexity index is 378. The van der Waals surface area contributed by atoms with E-state index in [1.54, 1.807) is 6.20 Å². The number of nitrogens with two attached hydrogens (primary N) is 1. The van der Waals surface area contributed by atoms with E-state index in [-0.39, 0.29) is 0 Å². The molecule has 0 aliphatic heterocycles. The van der Waals surface area contributed by atoms with E-state index >= 15 is 0 Å². The van der Waals surface area contributed by atoms with Crippen molar-refractivity contribution < 1.29 is 0 Å². The topological polar surface area (TPSA) is 43.8 Å². The Morgan fingerprint density at radius 3 is 2.82 bits per heavy atom. The maximum absolute atomic E-state index is 6.27. The summed E-state index contributed by atoms with van der Waals surface area (Å²) in [5, 5.41) is 5.04. The van der Waals surface area contributed by atoms with Crippen LogP contribution in [0.1, 0.15) is 44.7 Å². The van der Waals surface area contributed by atoms with Gasteiger partial charge in [-0.05, 0) is 37.1 Å². The molecule has 1 fully saturated rings. The van der Waals surface area contributed by atoms with Crippen LogP contribution in [-0.4, -0.2) is 16.3 Å². The smallest absolute Gasteiger partial charge is 0.0820 e. The predicted molar refractivity (Wildman–Crippen MR) is 71.1 cm³/mol. The highest BCUT2D eigenvalue weighted by Gasteiger charge is 2.37. The van der Waals surface area contributed by atoms with Gasteiger partial charge >= 0.3 is 0 Å². The Hall–Kier alpha value is -0.540. The summed E-state index contributed by atoms with van der Waals surface area (Å²) < 4.78 is 1.91. The SMILES string of the molecule is Cn1ncc(Cl)c1C1CC(C)(C)CCC1CN. The fourth-order valence-electron chi connectivity index (χ4n) is 3.08. The molecule has 3 nitrogen and oxygen atoms in total. The quantitative estimate of drug-likeness (QED) is 0.883. The number of halogens is 1. The Labute approximate surface area is 108 Å². The number of aromatic nitrogens is 2. The van der Waals surface area contributed by atoms with E-state index in [0.717, 1.165) is 23.7 Å². The average Bonchev–Trinajstić information content (AvgIpc) is 2.57. The lowest BCUT2D eigenvalue weighted by Gasteiger charge is -2.40. The Morgan fingerprint density at radius 1 is 1.59 bits per heavy atom. The highest BCUT2D eigenvalue weighted by molar-refractivity contribution is 6.31. The standard InChI is InChI=1S/C13H22ClN3/c1-13(2)5-4-9(7-15)10(6-13)12-11(14)8-16-17(12)3/h8-10H,4-7,15H2,1-3H3. The molecule has 0 spiro atoms. The molecule has 1 aromatic rings. The van der Waals surface area contributed by atoms with Gasteiger partial charge in [0.2, 0.25) is 0 Å². The van der Waals surface area contributed by atoms with E-state index in [1.807, 2.05) is 11.7 Å². The molecule has 1 aliphatic carbocycles. The Kier molecular flexibility index (Phi) is 3.50. The van der Waals surface area contributed by atoms with Crippen LogP contribution in [0.4, 0.5) is 0 Å². The van der Waals surface area contributed by atoms with Gasteiger partial charge in [0, 0.05) is 13.0 Å². The zero-order valence-corrected chi connectivity index (χ0v) is 11.7. The molecular weight excluding hydrogens is 234 g/mol. The van der Waals surface area contributed by atoms with Crippen LogP contribution in [0.15, 0.2) is 6.20 Å². The lowest BCUT2D eigenvalue weighted by Crippen LogP contribution is -2.33. The van der Waals surface area contributed by atoms with E-state index in [9.17, 15) is 0 Å². The molecule has 2 atom stereocenters. The number of nitrogens with zero attached hydrogens (tertiary/aromatic N) is 2. The summed E-state index contributed by atoms with van der Waals surface area (Å²) in [5.74, 6) is 0.986. The summed E-state index contributed by atoms with van der Waals surface area (Å²) >= 11 is 6.27. The van der Waals surface area contributed by atoms with Crippen molar-refractivity contribution in [3.63, 3.8) is 0 Å². The number of rotatable bonds is 2. The second-order valence-electron chi connectivity index (χ2n) is 6.01. The Morgan fingerprint density at radius 2 is 2.29 bits per heavy atom. The fourth-order valence-corrected chi connectivity index (χ4v) is 3.39. The van der Waals surface area contributed by atoms with Crippen LogP contribution in [0.3, 0.4) is 0 Å². The summed E-state index contributed by atoms with van der Waals surface area (Å²) in [6.45, 7) is 5.40. The summed E-state index contributed by atoms with van der Waals surface area (Å²) in [6, 6.07) is 0. The first-order valence-electron chi connectivity index (χ1n) is 6.32. The van der Waals surface area contributed by atoms with Gasteiger partial charge < -0.3 is 5.73 Å². The first-order valence-corrected chi connectivity index (χ1v) is 6.70. The minimum Gasteiger partial charge on any atom is -0.330 e. The average molecular weight is 256 g/mol. The third-order valence-electron chi connectivity index (χ3n) is 4.13. The molecule has 17 heavy (non-hydrogen) atoms. The molecule has 4 heteroatoms. The first kappa shape index (κ1) is 12.9. The normalized spacial score (nSPS) is 28.3. The van der Waals surface area contributed by atoms with Gasteiger partial charge in [-0.2, -0.15) is 5.10 Å². The molecule has 96 valence electrons. The lowest BCUT2D eigenvalue weighted by molar-refractivity contribution is 0.161. The molecule has 1 aromatic heterocycles. The molecule has 1 heterocycles. The highest BCUT2D eigenvalue weighted by Crippen LogP contribution is 2.47. The van der Waals surface area contributed by atoms with Crippen molar-refractivity contribution in [1.82, 2.24) is 9.78 Å². The molecule has 0 saturated heterocycles. The van der Waals surface area contributed by atoms with E-state index in [1.165, 1.54) is 12.8 Å². The number of hydrogen-bond donors (Lipinski definition) is 1. The second-order valence-corrected chi connectivity index (χ2v) is 6.42. The summed E-state index contributed by atoms with van der Waals surface area (Å²) in [7, 11) is 1.97. The van der Waals surface area contributed by atoms with E-state index in [4.69, 9.17) is 17.3 Å². The molecule has 0 amide bonds. The summed E-state index contributed by atoms with van der Waals surface area (Å²) in [5.41, 5.74) is 7.46. The van der Waals surface area contributed by atoms with Crippen LogP contribution in [0.25, 0.3) is 0 Å². The van der Waals surface area contributed by atoms with Gasteiger partial charge in [0.05, 0.1) is 16.9 Å². The van der Waals surface area contributed by atoms with Crippen LogP contribution >= 0.6 is 11.6 Å². The minimum atomic E-state index is 0.379. The van der Waals surface area contributed by atoms with Gasteiger partial charge in [-0.15, -0.1) is 0 Å². The van der Waals surface area contributed by atoms with Gasteiger partial charge in [0.1, 0.15) is 0 Å². The second kappa shape index (κ2) is 4.62. The van der Waals surface area contributed by atoms with Gasteiger partial charge in [-0.25, -0.2) is 0 Å². The number of aryl methyl sites for hydroxylation is 1. The summed E-state index contributed by atoms with van der Waals surface area (Å²) in [6.07, 6.45) is 5.33. The van der Waals surface area contributed by atoms with Crippen molar-refractivity contribution in [3.8, 4) is 0 Å². The molecule has 1 saturated carbocycles. The van der Waals surface area contributed by atoms with E-state index in [2.05, 4.69) is 18.9 Å². The van der Waals surface area contributed by atoms with Gasteiger partial charge in [0.25, 0.3) is 0 Å². The van der Waals surface area contributed by atoms with Crippen molar-refractivity contribution in [1.29, 1.82) is 0 Å². The van der Waals surface area contributed by atoms with Crippen molar-refractivity contribution >= 4 is 11.6 Å². The maximum Gasteiger partial charge on any atom is 0.0820 e. The first-order chi connectivity index (χ1) is 7.94. The molecule has 2 unspecified atom stereocenters. The fraction of sp³-hybridized carbons (Fsp3) is 0.769. The van der Waals surface area contributed by atoms with Crippen molar-refractivity contribution in [2.75, 3.05) is 6.54 Å². The van der Waals surface area contributed by atoms with Crippen molar-refractivity contribution in [3.05, 3.63) is 16.9 Å². The molecule has 1 aliphatic rings. The molecule has 0 bridgehead atoms. The lowest BCUT2D eigenvalue weighted by atomic mass is 9.66. The molecule has 0 radical (unpaired) electrons. The predicted octanol–water partition coefficient (Wildman–Crippen LogP) is 2.94. The molecular formula is C13H22ClN3. The van der Waals surface area contributed by atoms with Gasteiger partial charge in [-0.3, -0.25) is 4.68 Å². The van der Waals surface area contributed by atoms with Gasteiger partial charge in [-0.1, -0.05) is 25.4 Å². The Balaban J connectivity index is 2.33. The van der Waals surface area contributed by atoms with E-state index in [0.29, 0.717) is 17.3 Å². The minimum absolute atomic E-state index is 0.379. The van der Waals surface area contributed by atoms with Crippen LogP contribution in [-0.2, 0) is 7.05 Å². The molecule has 2 N–H and O–H groups in total. The zero-order valence-electron chi connectivity index (χ0n) is 10.9. The third-order valence-corrected chi connectivity index (χ3v) is 4.42. The van der Waals surface area contributed by atoms with Crippen molar-refractivity contribution in [2.45, 2.75) is 39.0 Å². The van der Waals surface area contributed by atoms with Crippen LogP contribution in [0.5, 0.6) is 0 Å². The van der Waals surface area contributed by atoms with E-state index < -0.39 is 0 Å². The monoisotopic (exact) mass is 255 g/mol. The maximum atomic E-state index is 6.27. The van der Waals surface area contributed by atoms with Crippen LogP contribution in [0, 0.1) is 11.3 Å². The largest absolute Gasteiger partial charge is 0.330 e. The van der Waals surface area contributed by atoms with Crippen LogP contribution < -0.4 is 5.73 Å². The number of hydrogen-bond acceptors (Lipinski definition) is 2. The summed E-state index contributed by atoms with van der Waals surface area (Å²) in [4.78, 5) is 0. The van der Waals surface area contributed by atoms with Crippen LogP contribution in [0.2, 0.25) is 5.02 Å². The molecule has 0 aromatic carbocycles. The van der Waals surface area contributed by atoms with Crippen molar-refractivity contribution in [2.24, 2.45) is 24.1 Å².